The molecule has 1 saturated heterocycles. The van der Waals surface area contributed by atoms with Gasteiger partial charge in [-0.05, 0) is 34.9 Å². The van der Waals surface area contributed by atoms with Crippen LogP contribution in [0.15, 0.2) is 108 Å². The molecule has 0 aliphatic carbocycles. The van der Waals surface area contributed by atoms with Gasteiger partial charge in [0.2, 0.25) is 0 Å². The molecule has 3 N–H and O–H groups in total. The smallest absolute Gasteiger partial charge is 0.328 e. The van der Waals surface area contributed by atoms with Crippen molar-refractivity contribution in [2.45, 2.75) is 49.0 Å². The third-order valence-electron chi connectivity index (χ3n) is 7.34. The van der Waals surface area contributed by atoms with Crippen LogP contribution < -0.4 is 15.4 Å². The number of hydrogen-bond donors (Lipinski definition) is 3. The number of benzene rings is 3. The van der Waals surface area contributed by atoms with E-state index >= 15 is 0 Å². The number of methoxy groups -OCH3 is 1. The van der Waals surface area contributed by atoms with Gasteiger partial charge in [0.1, 0.15) is 6.04 Å². The third kappa shape index (κ3) is 8.83. The minimum atomic E-state index is -0.856. The number of amides is 2. The molecule has 4 aromatic rings. The standard InChI is InChI=1S/C34H35N3O7S/c1-42-32(39)29(19-23-7-3-2-4-8-23)36-34(40)35-27-16-14-26(15-17-27)33-43-28(22-45-31-9-5-6-18-37(31)41)20-30(44-33)25-12-10-24(21-38)11-13-25/h2-18,28-30,33,38H,19-22H2,1H3,(H2,35,36,40). The Kier molecular flexibility index (Phi) is 11.0. The first-order valence-corrected chi connectivity index (χ1v) is 15.5. The number of aromatic nitrogens is 1. The van der Waals surface area contributed by atoms with Gasteiger partial charge in [-0.3, -0.25) is 0 Å². The number of hydrogen-bond acceptors (Lipinski definition) is 8. The van der Waals surface area contributed by atoms with E-state index in [9.17, 15) is 19.9 Å². The number of carbonyl (C=O) groups is 2. The van der Waals surface area contributed by atoms with Crippen molar-refractivity contribution in [2.24, 2.45) is 0 Å². The second-order valence-electron chi connectivity index (χ2n) is 10.5. The Bertz CT molecular complexity index is 1550. The first kappa shape index (κ1) is 32.0. The molecule has 234 valence electrons. The summed E-state index contributed by atoms with van der Waals surface area (Å²) < 4.78 is 18.5. The van der Waals surface area contributed by atoms with Crippen molar-refractivity contribution < 1.29 is 33.6 Å². The lowest BCUT2D eigenvalue weighted by molar-refractivity contribution is -0.645. The molecule has 2 amide bonds. The number of pyridine rings is 1. The molecule has 1 aromatic heterocycles. The van der Waals surface area contributed by atoms with E-state index in [1.54, 1.807) is 24.3 Å². The van der Waals surface area contributed by atoms with Gasteiger partial charge in [0.05, 0.1) is 25.9 Å². The Morgan fingerprint density at radius 1 is 0.956 bits per heavy atom. The molecule has 1 aliphatic rings. The molecule has 4 unspecified atom stereocenters. The molecule has 45 heavy (non-hydrogen) atoms. The fourth-order valence-corrected chi connectivity index (χ4v) is 5.89. The molecule has 1 fully saturated rings. The van der Waals surface area contributed by atoms with E-state index < -0.39 is 24.3 Å². The number of ether oxygens (including phenoxy) is 3. The SMILES string of the molecule is COC(=O)C(Cc1ccccc1)NC(=O)Nc1ccc(C2OC(CSc3cccc[n+]3[O-])CC(c3ccc(CO)cc3)O2)cc1. The van der Waals surface area contributed by atoms with E-state index in [0.717, 1.165) is 27.0 Å². The van der Waals surface area contributed by atoms with E-state index in [2.05, 4.69) is 10.6 Å². The van der Waals surface area contributed by atoms with Gasteiger partial charge in [0.15, 0.2) is 12.5 Å². The van der Waals surface area contributed by atoms with Gasteiger partial charge in [-0.2, -0.15) is 4.73 Å². The lowest BCUT2D eigenvalue weighted by Gasteiger charge is -2.36. The predicted molar refractivity (Wildman–Crippen MR) is 169 cm³/mol. The second kappa shape index (κ2) is 15.5. The quantitative estimate of drug-likeness (QED) is 0.0908. The fourth-order valence-electron chi connectivity index (χ4n) is 4.96. The van der Waals surface area contributed by atoms with Crippen molar-refractivity contribution in [1.82, 2.24) is 5.32 Å². The number of carbonyl (C=O) groups excluding carboxylic acids is 2. The maximum Gasteiger partial charge on any atom is 0.328 e. The summed E-state index contributed by atoms with van der Waals surface area (Å²) in [6, 6.07) is 28.0. The Morgan fingerprint density at radius 2 is 1.67 bits per heavy atom. The summed E-state index contributed by atoms with van der Waals surface area (Å²) in [5.41, 5.74) is 3.93. The topological polar surface area (TPSA) is 133 Å². The zero-order valence-corrected chi connectivity index (χ0v) is 25.5. The molecular formula is C34H35N3O7S. The van der Waals surface area contributed by atoms with Gasteiger partial charge in [-0.1, -0.05) is 78.5 Å². The molecule has 0 spiro atoms. The van der Waals surface area contributed by atoms with Crippen molar-refractivity contribution in [1.29, 1.82) is 0 Å². The highest BCUT2D eigenvalue weighted by Crippen LogP contribution is 2.39. The highest BCUT2D eigenvalue weighted by Gasteiger charge is 2.33. The number of thioether (sulfide) groups is 1. The number of aliphatic hydroxyl groups is 1. The fraction of sp³-hybridized carbons (Fsp3) is 0.265. The molecule has 10 nitrogen and oxygen atoms in total. The molecule has 11 heteroatoms. The van der Waals surface area contributed by atoms with Gasteiger partial charge < -0.3 is 35.2 Å². The lowest BCUT2D eigenvalue weighted by Crippen LogP contribution is -2.45. The summed E-state index contributed by atoms with van der Waals surface area (Å²) >= 11 is 1.42. The van der Waals surface area contributed by atoms with Crippen LogP contribution in [0, 0.1) is 5.21 Å². The predicted octanol–water partition coefficient (Wildman–Crippen LogP) is 5.06. The molecule has 0 radical (unpaired) electrons. The first-order valence-electron chi connectivity index (χ1n) is 14.5. The van der Waals surface area contributed by atoms with E-state index in [4.69, 9.17) is 14.2 Å². The summed E-state index contributed by atoms with van der Waals surface area (Å²) in [7, 11) is 1.29. The van der Waals surface area contributed by atoms with Crippen LogP contribution in [0.3, 0.4) is 0 Å². The Morgan fingerprint density at radius 3 is 2.36 bits per heavy atom. The van der Waals surface area contributed by atoms with Crippen molar-refractivity contribution in [3.05, 3.63) is 131 Å². The summed E-state index contributed by atoms with van der Waals surface area (Å²) in [6.45, 7) is -0.0438. The van der Waals surface area contributed by atoms with Gasteiger partial charge in [-0.15, -0.1) is 0 Å². The largest absolute Gasteiger partial charge is 0.618 e. The minimum Gasteiger partial charge on any atom is -0.618 e. The monoisotopic (exact) mass is 629 g/mol. The molecule has 0 saturated carbocycles. The van der Waals surface area contributed by atoms with Crippen LogP contribution in [0.2, 0.25) is 0 Å². The zero-order valence-electron chi connectivity index (χ0n) is 24.7. The Labute approximate surface area is 265 Å². The maximum atomic E-state index is 12.8. The molecule has 5 rings (SSSR count). The molecule has 1 aliphatic heterocycles. The van der Waals surface area contributed by atoms with Crippen LogP contribution in [0.5, 0.6) is 0 Å². The third-order valence-corrected chi connectivity index (χ3v) is 8.49. The molecule has 3 aromatic carbocycles. The van der Waals surface area contributed by atoms with Crippen molar-refractivity contribution in [3.63, 3.8) is 0 Å². The number of anilines is 1. The van der Waals surface area contributed by atoms with Crippen LogP contribution in [-0.4, -0.2) is 42.1 Å². The van der Waals surface area contributed by atoms with Crippen LogP contribution >= 0.6 is 11.8 Å². The zero-order chi connectivity index (χ0) is 31.6. The van der Waals surface area contributed by atoms with E-state index in [1.807, 2.05) is 72.8 Å². The van der Waals surface area contributed by atoms with Gasteiger partial charge in [0.25, 0.3) is 5.03 Å². The van der Waals surface area contributed by atoms with Crippen molar-refractivity contribution >= 4 is 29.4 Å². The Balaban J connectivity index is 1.26. The summed E-state index contributed by atoms with van der Waals surface area (Å²) in [5, 5.41) is 27.7. The number of nitrogens with zero attached hydrogens (tertiary/aromatic N) is 1. The van der Waals surface area contributed by atoms with Crippen molar-refractivity contribution in [3.8, 4) is 0 Å². The van der Waals surface area contributed by atoms with Gasteiger partial charge in [-0.25, -0.2) is 9.59 Å². The summed E-state index contributed by atoms with van der Waals surface area (Å²) in [4.78, 5) is 25.1. The highest BCUT2D eigenvalue weighted by molar-refractivity contribution is 7.99. The van der Waals surface area contributed by atoms with Crippen LogP contribution in [0.1, 0.15) is 41.1 Å². The average Bonchev–Trinajstić information content (AvgIpc) is 3.08. The average molecular weight is 630 g/mol. The number of rotatable bonds is 11. The maximum absolute atomic E-state index is 12.8. The molecule has 4 atom stereocenters. The van der Waals surface area contributed by atoms with Crippen LogP contribution in [0.4, 0.5) is 10.5 Å². The Hall–Kier alpha value is -4.42. The van der Waals surface area contributed by atoms with Crippen LogP contribution in [-0.2, 0) is 32.0 Å². The van der Waals surface area contributed by atoms with Gasteiger partial charge >= 0.3 is 12.0 Å². The normalized spacial score (nSPS) is 18.5. The van der Waals surface area contributed by atoms with E-state index in [-0.39, 0.29) is 18.8 Å². The van der Waals surface area contributed by atoms with E-state index in [0.29, 0.717) is 29.3 Å². The second-order valence-corrected chi connectivity index (χ2v) is 11.6. The number of urea groups is 1. The van der Waals surface area contributed by atoms with Crippen LogP contribution in [0.25, 0.3) is 0 Å². The van der Waals surface area contributed by atoms with Crippen molar-refractivity contribution in [2.75, 3.05) is 18.2 Å². The molecule has 2 heterocycles. The molecular weight excluding hydrogens is 594 g/mol. The number of nitrogens with one attached hydrogen (secondary N) is 2. The number of esters is 1. The first-order chi connectivity index (χ1) is 21.9. The lowest BCUT2D eigenvalue weighted by atomic mass is 10.0. The summed E-state index contributed by atoms with van der Waals surface area (Å²) in [6.07, 6.45) is 1.15. The summed E-state index contributed by atoms with van der Waals surface area (Å²) in [5.74, 6) is 0.00292. The molecule has 0 bridgehead atoms. The minimum absolute atomic E-state index is 0.0438. The van der Waals surface area contributed by atoms with Gasteiger partial charge in [0, 0.05) is 42.0 Å². The highest BCUT2D eigenvalue weighted by atomic mass is 32.2. The van der Waals surface area contributed by atoms with E-state index in [1.165, 1.54) is 25.1 Å². The number of aliphatic hydroxyl groups excluding tert-OH is 1.